The van der Waals surface area contributed by atoms with Crippen LogP contribution >= 0.6 is 0 Å². The molecule has 3 N–H and O–H groups in total. The lowest BCUT2D eigenvalue weighted by atomic mass is 10.1. The largest absolute Gasteiger partial charge is 0.320 e. The molecule has 15 heavy (non-hydrogen) atoms. The normalized spacial score (nSPS) is 14.7. The highest BCUT2D eigenvalue weighted by Gasteiger charge is 2.15. The SMILES string of the molecule is CCCC[C@H](NCC(N)C(C)=O)C(C)=O. The highest BCUT2D eigenvalue weighted by molar-refractivity contribution is 5.82. The van der Waals surface area contributed by atoms with Crippen LogP contribution < -0.4 is 11.1 Å². The van der Waals surface area contributed by atoms with Crippen LogP contribution in [0.2, 0.25) is 0 Å². The number of hydrogen-bond donors (Lipinski definition) is 2. The number of hydrogen-bond acceptors (Lipinski definition) is 4. The summed E-state index contributed by atoms with van der Waals surface area (Å²) in [5.74, 6) is 0.0551. The number of nitrogens with one attached hydrogen (secondary N) is 1. The minimum absolute atomic E-state index is 0.0553. The molecule has 0 aliphatic rings. The van der Waals surface area contributed by atoms with Crippen LogP contribution in [0.1, 0.15) is 40.0 Å². The molecule has 0 spiro atoms. The van der Waals surface area contributed by atoms with Gasteiger partial charge in [-0.05, 0) is 20.3 Å². The van der Waals surface area contributed by atoms with E-state index in [4.69, 9.17) is 5.73 Å². The average Bonchev–Trinajstić information content (AvgIpc) is 2.16. The summed E-state index contributed by atoms with van der Waals surface area (Å²) in [6.45, 7) is 5.48. The minimum atomic E-state index is -0.506. The molecule has 1 unspecified atom stereocenters. The standard InChI is InChI=1S/C11H22N2O2/c1-4-5-6-11(9(3)15)13-7-10(12)8(2)14/h10-11,13H,4-7,12H2,1-3H3/t10?,11-/m0/s1. The van der Waals surface area contributed by atoms with Gasteiger partial charge in [0.1, 0.15) is 11.6 Å². The van der Waals surface area contributed by atoms with E-state index < -0.39 is 6.04 Å². The second kappa shape index (κ2) is 7.54. The van der Waals surface area contributed by atoms with Crippen molar-refractivity contribution in [3.8, 4) is 0 Å². The highest BCUT2D eigenvalue weighted by Crippen LogP contribution is 2.01. The summed E-state index contributed by atoms with van der Waals surface area (Å²) in [6.07, 6.45) is 2.88. The number of carbonyl (C=O) groups excluding carboxylic acids is 2. The Hall–Kier alpha value is -0.740. The monoisotopic (exact) mass is 214 g/mol. The fourth-order valence-electron chi connectivity index (χ4n) is 1.27. The van der Waals surface area contributed by atoms with E-state index in [2.05, 4.69) is 12.2 Å². The Balaban J connectivity index is 3.95. The van der Waals surface area contributed by atoms with E-state index in [1.807, 2.05) is 0 Å². The van der Waals surface area contributed by atoms with Crippen LogP contribution in [0.25, 0.3) is 0 Å². The smallest absolute Gasteiger partial charge is 0.147 e. The molecule has 4 nitrogen and oxygen atoms in total. The molecular weight excluding hydrogens is 192 g/mol. The number of nitrogens with two attached hydrogens (primary N) is 1. The maximum atomic E-state index is 11.2. The van der Waals surface area contributed by atoms with Gasteiger partial charge in [-0.25, -0.2) is 0 Å². The Kier molecular flexibility index (Phi) is 7.17. The van der Waals surface area contributed by atoms with Crippen LogP contribution in [-0.4, -0.2) is 30.2 Å². The van der Waals surface area contributed by atoms with E-state index in [0.717, 1.165) is 19.3 Å². The maximum Gasteiger partial charge on any atom is 0.147 e. The second-order valence-corrected chi connectivity index (χ2v) is 3.93. The number of Topliss-reactive ketones (excluding diaryl/α,β-unsaturated/α-hetero) is 2. The molecule has 4 heteroatoms. The van der Waals surface area contributed by atoms with Gasteiger partial charge in [0.2, 0.25) is 0 Å². The van der Waals surface area contributed by atoms with E-state index in [0.29, 0.717) is 6.54 Å². The van der Waals surface area contributed by atoms with Crippen LogP contribution in [0.3, 0.4) is 0 Å². The fourth-order valence-corrected chi connectivity index (χ4v) is 1.27. The zero-order chi connectivity index (χ0) is 11.8. The van der Waals surface area contributed by atoms with Crippen LogP contribution in [0, 0.1) is 0 Å². The first-order valence-corrected chi connectivity index (χ1v) is 5.48. The van der Waals surface area contributed by atoms with E-state index in [1.165, 1.54) is 6.92 Å². The third-order valence-electron chi connectivity index (χ3n) is 2.44. The van der Waals surface area contributed by atoms with Crippen molar-refractivity contribution < 1.29 is 9.59 Å². The number of rotatable bonds is 8. The van der Waals surface area contributed by atoms with Crippen molar-refractivity contribution in [3.63, 3.8) is 0 Å². The van der Waals surface area contributed by atoms with E-state index in [1.54, 1.807) is 6.92 Å². The molecule has 88 valence electrons. The first kappa shape index (κ1) is 14.3. The molecule has 0 bridgehead atoms. The third-order valence-corrected chi connectivity index (χ3v) is 2.44. The zero-order valence-electron chi connectivity index (χ0n) is 9.88. The van der Waals surface area contributed by atoms with Gasteiger partial charge in [0, 0.05) is 6.54 Å². The summed E-state index contributed by atoms with van der Waals surface area (Å²) in [5.41, 5.74) is 5.57. The van der Waals surface area contributed by atoms with Crippen LogP contribution in [0.5, 0.6) is 0 Å². The van der Waals surface area contributed by atoms with Crippen molar-refractivity contribution in [2.45, 2.75) is 52.1 Å². The third kappa shape index (κ3) is 6.36. The summed E-state index contributed by atoms with van der Waals surface area (Å²) in [4.78, 5) is 22.1. The van der Waals surface area contributed by atoms with Crippen molar-refractivity contribution in [1.29, 1.82) is 0 Å². The molecule has 2 atom stereocenters. The summed E-state index contributed by atoms with van der Waals surface area (Å²) >= 11 is 0. The van der Waals surface area contributed by atoms with Crippen molar-refractivity contribution in [1.82, 2.24) is 5.32 Å². The van der Waals surface area contributed by atoms with Gasteiger partial charge in [0.15, 0.2) is 0 Å². The van der Waals surface area contributed by atoms with Gasteiger partial charge in [-0.3, -0.25) is 9.59 Å². The molecule has 0 aromatic rings. The Bertz CT molecular complexity index is 217. The minimum Gasteiger partial charge on any atom is -0.320 e. The summed E-state index contributed by atoms with van der Waals surface area (Å²) in [5, 5.41) is 3.04. The molecule has 0 saturated carbocycles. The lowest BCUT2D eigenvalue weighted by Gasteiger charge is -2.17. The molecule has 0 amide bonds. The fraction of sp³-hybridized carbons (Fsp3) is 0.818. The average molecular weight is 214 g/mol. The van der Waals surface area contributed by atoms with E-state index >= 15 is 0 Å². The van der Waals surface area contributed by atoms with Gasteiger partial charge in [-0.2, -0.15) is 0 Å². The Morgan fingerprint density at radius 2 is 1.87 bits per heavy atom. The van der Waals surface area contributed by atoms with Crippen molar-refractivity contribution >= 4 is 11.6 Å². The summed E-state index contributed by atoms with van der Waals surface area (Å²) in [6, 6.07) is -0.663. The van der Waals surface area contributed by atoms with Crippen molar-refractivity contribution in [2.24, 2.45) is 5.73 Å². The van der Waals surface area contributed by atoms with Gasteiger partial charge < -0.3 is 11.1 Å². The van der Waals surface area contributed by atoms with Gasteiger partial charge in [0.05, 0.1) is 12.1 Å². The number of unbranched alkanes of at least 4 members (excludes halogenated alkanes) is 1. The molecule has 0 aromatic heterocycles. The van der Waals surface area contributed by atoms with Crippen LogP contribution in [-0.2, 0) is 9.59 Å². The predicted molar refractivity (Wildman–Crippen MR) is 60.7 cm³/mol. The molecule has 0 aromatic carbocycles. The number of carbonyl (C=O) groups is 2. The van der Waals surface area contributed by atoms with Crippen molar-refractivity contribution in [2.75, 3.05) is 6.54 Å². The molecule has 0 heterocycles. The lowest BCUT2D eigenvalue weighted by molar-refractivity contribution is -0.120. The van der Waals surface area contributed by atoms with Crippen LogP contribution in [0.4, 0.5) is 0 Å². The maximum absolute atomic E-state index is 11.2. The van der Waals surface area contributed by atoms with E-state index in [9.17, 15) is 9.59 Å². The first-order chi connectivity index (χ1) is 6.99. The highest BCUT2D eigenvalue weighted by atomic mass is 16.1. The lowest BCUT2D eigenvalue weighted by Crippen LogP contribution is -2.45. The second-order valence-electron chi connectivity index (χ2n) is 3.93. The quantitative estimate of drug-likeness (QED) is 0.622. The molecule has 0 aliphatic carbocycles. The number of ketones is 2. The van der Waals surface area contributed by atoms with Gasteiger partial charge in [-0.1, -0.05) is 19.8 Å². The van der Waals surface area contributed by atoms with Gasteiger partial charge >= 0.3 is 0 Å². The van der Waals surface area contributed by atoms with Gasteiger partial charge in [-0.15, -0.1) is 0 Å². The molecule has 0 radical (unpaired) electrons. The molecule has 0 rings (SSSR count). The molecule has 0 saturated heterocycles. The van der Waals surface area contributed by atoms with E-state index in [-0.39, 0.29) is 17.6 Å². The summed E-state index contributed by atoms with van der Waals surface area (Å²) in [7, 11) is 0. The Morgan fingerprint density at radius 1 is 1.27 bits per heavy atom. The predicted octanol–water partition coefficient (Wildman–Crippen LogP) is 0.640. The summed E-state index contributed by atoms with van der Waals surface area (Å²) < 4.78 is 0. The Morgan fingerprint density at radius 3 is 2.27 bits per heavy atom. The zero-order valence-corrected chi connectivity index (χ0v) is 9.88. The topological polar surface area (TPSA) is 72.2 Å². The van der Waals surface area contributed by atoms with Gasteiger partial charge in [0.25, 0.3) is 0 Å². The van der Waals surface area contributed by atoms with Crippen LogP contribution in [0.15, 0.2) is 0 Å². The molecular formula is C11H22N2O2. The van der Waals surface area contributed by atoms with Crippen molar-refractivity contribution in [3.05, 3.63) is 0 Å². The molecule has 0 fully saturated rings. The Labute approximate surface area is 91.6 Å². The molecule has 0 aliphatic heterocycles. The first-order valence-electron chi connectivity index (χ1n) is 5.48.